The summed E-state index contributed by atoms with van der Waals surface area (Å²) in [5.41, 5.74) is 1.07. The van der Waals surface area contributed by atoms with Crippen molar-refractivity contribution in [2.45, 2.75) is 40.2 Å². The van der Waals surface area contributed by atoms with Crippen LogP contribution >= 0.6 is 15.9 Å². The summed E-state index contributed by atoms with van der Waals surface area (Å²) < 4.78 is 3.04. The van der Waals surface area contributed by atoms with Crippen LogP contribution in [0.25, 0.3) is 0 Å². The molecule has 0 N–H and O–H groups in total. The van der Waals surface area contributed by atoms with Crippen LogP contribution in [-0.4, -0.2) is 28.5 Å². The molecule has 0 atom stereocenters. The molecule has 0 aromatic carbocycles. The Hall–Kier alpha value is -0.770. The van der Waals surface area contributed by atoms with Gasteiger partial charge in [0, 0.05) is 30.3 Å². The van der Waals surface area contributed by atoms with Gasteiger partial charge in [-0.2, -0.15) is 0 Å². The van der Waals surface area contributed by atoms with Crippen LogP contribution in [0.15, 0.2) is 16.7 Å². The molecule has 0 radical (unpaired) electrons. The Bertz CT molecular complexity index is 451. The zero-order valence-corrected chi connectivity index (χ0v) is 13.0. The molecule has 4 heteroatoms. The van der Waals surface area contributed by atoms with Crippen molar-refractivity contribution >= 4 is 21.8 Å². The van der Waals surface area contributed by atoms with E-state index in [4.69, 9.17) is 0 Å². The van der Waals surface area contributed by atoms with Gasteiger partial charge in [-0.15, -0.1) is 0 Å². The Morgan fingerprint density at radius 1 is 1.50 bits per heavy atom. The van der Waals surface area contributed by atoms with Crippen LogP contribution in [0.5, 0.6) is 0 Å². The van der Waals surface area contributed by atoms with Crippen LogP contribution in [0.1, 0.15) is 44.1 Å². The number of carbonyl (C=O) groups is 1. The normalized spacial score (nSPS) is 18.3. The molecule has 1 saturated heterocycles. The first-order valence-electron chi connectivity index (χ1n) is 6.58. The average molecular weight is 313 g/mol. The van der Waals surface area contributed by atoms with Crippen molar-refractivity contribution in [3.63, 3.8) is 0 Å². The Morgan fingerprint density at radius 3 is 2.78 bits per heavy atom. The van der Waals surface area contributed by atoms with E-state index in [0.717, 1.165) is 42.6 Å². The number of rotatable bonds is 3. The van der Waals surface area contributed by atoms with E-state index in [1.807, 2.05) is 17.2 Å². The molecule has 100 valence electrons. The summed E-state index contributed by atoms with van der Waals surface area (Å²) in [6.45, 7) is 9.20. The molecule has 0 unspecified atom stereocenters. The second kappa shape index (κ2) is 5.08. The molecule has 0 spiro atoms. The van der Waals surface area contributed by atoms with Gasteiger partial charge >= 0.3 is 0 Å². The molecule has 0 saturated carbocycles. The summed E-state index contributed by atoms with van der Waals surface area (Å²) >= 11 is 3.46. The molecule has 1 aromatic rings. The molecule has 18 heavy (non-hydrogen) atoms. The number of amides is 1. The van der Waals surface area contributed by atoms with E-state index in [1.54, 1.807) is 0 Å². The third-order valence-corrected chi connectivity index (χ3v) is 3.95. The molecular formula is C14H21BrN2O. The number of carbonyl (C=O) groups excluding carboxylic acids is 1. The van der Waals surface area contributed by atoms with Crippen molar-refractivity contribution in [2.75, 3.05) is 13.1 Å². The summed E-state index contributed by atoms with van der Waals surface area (Å²) in [4.78, 5) is 14.5. The van der Waals surface area contributed by atoms with Gasteiger partial charge in [-0.3, -0.25) is 4.79 Å². The number of hydrogen-bond acceptors (Lipinski definition) is 1. The van der Waals surface area contributed by atoms with Crippen LogP contribution in [0.3, 0.4) is 0 Å². The van der Waals surface area contributed by atoms with Crippen molar-refractivity contribution < 1.29 is 4.79 Å². The number of nitrogens with zero attached hydrogens (tertiary/aromatic N) is 2. The maximum absolute atomic E-state index is 12.5. The fraction of sp³-hybridized carbons (Fsp3) is 0.643. The van der Waals surface area contributed by atoms with Gasteiger partial charge in [-0.05, 0) is 40.3 Å². The lowest BCUT2D eigenvalue weighted by molar-refractivity contribution is 0.0767. The molecule has 0 aliphatic carbocycles. The molecule has 1 fully saturated rings. The second-order valence-corrected chi connectivity index (χ2v) is 6.79. The SMILES string of the molecule is CCCn1cc(Br)cc1C(=O)N1CCC(C)(C)C1. The molecule has 3 nitrogen and oxygen atoms in total. The van der Waals surface area contributed by atoms with Gasteiger partial charge < -0.3 is 9.47 Å². The van der Waals surface area contributed by atoms with Gasteiger partial charge in [0.15, 0.2) is 0 Å². The number of halogens is 1. The summed E-state index contributed by atoms with van der Waals surface area (Å²) in [7, 11) is 0. The maximum atomic E-state index is 12.5. The first-order valence-corrected chi connectivity index (χ1v) is 7.37. The molecular weight excluding hydrogens is 292 g/mol. The molecule has 1 aliphatic heterocycles. The molecule has 2 rings (SSSR count). The van der Waals surface area contributed by atoms with E-state index in [9.17, 15) is 4.79 Å². The number of hydrogen-bond donors (Lipinski definition) is 0. The van der Waals surface area contributed by atoms with Gasteiger partial charge in [0.1, 0.15) is 5.69 Å². The number of likely N-dealkylation sites (tertiary alicyclic amines) is 1. The minimum Gasteiger partial charge on any atom is -0.342 e. The van der Waals surface area contributed by atoms with Crippen molar-refractivity contribution in [3.05, 3.63) is 22.4 Å². The summed E-state index contributed by atoms with van der Waals surface area (Å²) in [5.74, 6) is 0.166. The topological polar surface area (TPSA) is 25.2 Å². The Kier molecular flexibility index (Phi) is 3.85. The molecule has 0 bridgehead atoms. The highest BCUT2D eigenvalue weighted by Gasteiger charge is 2.33. The lowest BCUT2D eigenvalue weighted by Gasteiger charge is -2.20. The van der Waals surface area contributed by atoms with Gasteiger partial charge in [0.25, 0.3) is 5.91 Å². The van der Waals surface area contributed by atoms with E-state index in [0.29, 0.717) is 0 Å². The standard InChI is InChI=1S/C14H21BrN2O/c1-4-6-16-9-11(15)8-12(16)13(18)17-7-5-14(2,3)10-17/h8-9H,4-7,10H2,1-3H3. The highest BCUT2D eigenvalue weighted by Crippen LogP contribution is 2.30. The average Bonchev–Trinajstić information content (AvgIpc) is 2.81. The predicted octanol–water partition coefficient (Wildman–Crippen LogP) is 3.53. The van der Waals surface area contributed by atoms with Crippen LogP contribution in [0.2, 0.25) is 0 Å². The molecule has 1 aliphatic rings. The number of aromatic nitrogens is 1. The Balaban J connectivity index is 2.18. The van der Waals surface area contributed by atoms with Crippen molar-refractivity contribution in [2.24, 2.45) is 5.41 Å². The summed E-state index contributed by atoms with van der Waals surface area (Å²) in [5, 5.41) is 0. The van der Waals surface area contributed by atoms with Crippen LogP contribution in [0, 0.1) is 5.41 Å². The highest BCUT2D eigenvalue weighted by molar-refractivity contribution is 9.10. The maximum Gasteiger partial charge on any atom is 0.270 e. The van der Waals surface area contributed by atoms with Crippen LogP contribution in [0.4, 0.5) is 0 Å². The summed E-state index contributed by atoms with van der Waals surface area (Å²) in [6.07, 6.45) is 4.12. The van der Waals surface area contributed by atoms with Crippen LogP contribution in [-0.2, 0) is 6.54 Å². The van der Waals surface area contributed by atoms with Crippen LogP contribution < -0.4 is 0 Å². The van der Waals surface area contributed by atoms with E-state index in [-0.39, 0.29) is 11.3 Å². The van der Waals surface area contributed by atoms with E-state index in [2.05, 4.69) is 41.3 Å². The summed E-state index contributed by atoms with van der Waals surface area (Å²) in [6, 6.07) is 1.93. The largest absolute Gasteiger partial charge is 0.342 e. The zero-order chi connectivity index (χ0) is 13.3. The van der Waals surface area contributed by atoms with Gasteiger partial charge in [-0.25, -0.2) is 0 Å². The monoisotopic (exact) mass is 312 g/mol. The lowest BCUT2D eigenvalue weighted by Crippen LogP contribution is -2.31. The van der Waals surface area contributed by atoms with E-state index in [1.165, 1.54) is 0 Å². The van der Waals surface area contributed by atoms with Crippen molar-refractivity contribution in [3.8, 4) is 0 Å². The van der Waals surface area contributed by atoms with Gasteiger partial charge in [0.05, 0.1) is 0 Å². The van der Waals surface area contributed by atoms with Crippen molar-refractivity contribution in [1.82, 2.24) is 9.47 Å². The minimum absolute atomic E-state index is 0.166. The number of aryl methyl sites for hydroxylation is 1. The highest BCUT2D eigenvalue weighted by atomic mass is 79.9. The third-order valence-electron chi connectivity index (χ3n) is 3.51. The second-order valence-electron chi connectivity index (χ2n) is 5.88. The smallest absolute Gasteiger partial charge is 0.270 e. The van der Waals surface area contributed by atoms with E-state index < -0.39 is 0 Å². The molecule has 1 amide bonds. The third kappa shape index (κ3) is 2.79. The zero-order valence-electron chi connectivity index (χ0n) is 11.4. The first kappa shape index (κ1) is 13.7. The Labute approximate surface area is 117 Å². The minimum atomic E-state index is 0.166. The quantitative estimate of drug-likeness (QED) is 0.838. The first-order chi connectivity index (χ1) is 8.43. The fourth-order valence-electron chi connectivity index (χ4n) is 2.53. The Morgan fingerprint density at radius 2 is 2.22 bits per heavy atom. The fourth-order valence-corrected chi connectivity index (χ4v) is 2.99. The molecule has 1 aromatic heterocycles. The molecule has 2 heterocycles. The van der Waals surface area contributed by atoms with Gasteiger partial charge in [-0.1, -0.05) is 20.8 Å². The predicted molar refractivity (Wildman–Crippen MR) is 76.7 cm³/mol. The van der Waals surface area contributed by atoms with E-state index >= 15 is 0 Å². The van der Waals surface area contributed by atoms with Crippen molar-refractivity contribution in [1.29, 1.82) is 0 Å². The lowest BCUT2D eigenvalue weighted by atomic mass is 9.93. The van der Waals surface area contributed by atoms with Gasteiger partial charge in [0.2, 0.25) is 0 Å².